The largest absolute Gasteiger partial charge is 0.451 e. The Morgan fingerprint density at radius 3 is 2.40 bits per heavy atom. The van der Waals surface area contributed by atoms with Crippen molar-refractivity contribution in [1.29, 1.82) is 0 Å². The van der Waals surface area contributed by atoms with Gasteiger partial charge in [0.15, 0.2) is 5.76 Å². The molecule has 1 amide bonds. The van der Waals surface area contributed by atoms with E-state index in [1.54, 1.807) is 0 Å². The van der Waals surface area contributed by atoms with E-state index in [9.17, 15) is 4.79 Å². The van der Waals surface area contributed by atoms with E-state index in [0.29, 0.717) is 10.6 Å². The number of amides is 1. The Bertz CT molecular complexity index is 803. The summed E-state index contributed by atoms with van der Waals surface area (Å²) in [4.78, 5) is 11.3. The van der Waals surface area contributed by atoms with Gasteiger partial charge in [-0.25, -0.2) is 0 Å². The zero-order valence-electron chi connectivity index (χ0n) is 10.8. The van der Waals surface area contributed by atoms with Crippen molar-refractivity contribution in [2.75, 3.05) is 0 Å². The van der Waals surface area contributed by atoms with Crippen LogP contribution < -0.4 is 5.73 Å². The van der Waals surface area contributed by atoms with Gasteiger partial charge in [0.25, 0.3) is 5.91 Å². The van der Waals surface area contributed by atoms with E-state index in [2.05, 4.69) is 0 Å². The predicted octanol–water partition coefficient (Wildman–Crippen LogP) is 4.16. The first kappa shape index (κ1) is 12.8. The summed E-state index contributed by atoms with van der Waals surface area (Å²) in [7, 11) is 0. The minimum atomic E-state index is -0.549. The second-order valence-corrected chi connectivity index (χ2v) is 5.07. The molecule has 2 aromatic carbocycles. The minimum Gasteiger partial charge on any atom is -0.451 e. The van der Waals surface area contributed by atoms with Gasteiger partial charge in [-0.1, -0.05) is 35.9 Å². The smallest absolute Gasteiger partial charge is 0.284 e. The first-order valence-electron chi connectivity index (χ1n) is 6.15. The maximum Gasteiger partial charge on any atom is 0.284 e. The molecular formula is C16H12ClNO2. The van der Waals surface area contributed by atoms with Crippen molar-refractivity contribution in [3.8, 4) is 11.1 Å². The van der Waals surface area contributed by atoms with E-state index in [1.165, 1.54) is 0 Å². The van der Waals surface area contributed by atoms with Gasteiger partial charge in [0.05, 0.1) is 0 Å². The van der Waals surface area contributed by atoms with Gasteiger partial charge in [-0.2, -0.15) is 0 Å². The Kier molecular flexibility index (Phi) is 2.99. The lowest BCUT2D eigenvalue weighted by molar-refractivity contribution is 0.0975. The average molecular weight is 286 g/mol. The standard InChI is InChI=1S/C16H12ClNO2/c1-9-13-7-4-11(10-2-5-12(17)6-3-10)8-14(13)20-15(9)16(18)19/h2-8H,1H3,(H2,18,19). The van der Waals surface area contributed by atoms with Crippen LogP contribution in [0.15, 0.2) is 46.9 Å². The summed E-state index contributed by atoms with van der Waals surface area (Å²) in [6, 6.07) is 13.4. The lowest BCUT2D eigenvalue weighted by Crippen LogP contribution is -2.10. The van der Waals surface area contributed by atoms with Crippen LogP contribution >= 0.6 is 11.6 Å². The molecule has 2 N–H and O–H groups in total. The summed E-state index contributed by atoms with van der Waals surface area (Å²) < 4.78 is 5.55. The van der Waals surface area contributed by atoms with Gasteiger partial charge in [-0.05, 0) is 36.2 Å². The van der Waals surface area contributed by atoms with Gasteiger partial charge >= 0.3 is 0 Å². The summed E-state index contributed by atoms with van der Waals surface area (Å²) in [5, 5.41) is 1.59. The molecule has 0 radical (unpaired) electrons. The van der Waals surface area contributed by atoms with Gasteiger partial charge in [0, 0.05) is 16.0 Å². The number of nitrogens with two attached hydrogens (primary N) is 1. The third-order valence-electron chi connectivity index (χ3n) is 3.34. The van der Waals surface area contributed by atoms with Crippen molar-refractivity contribution < 1.29 is 9.21 Å². The number of carbonyl (C=O) groups is 1. The highest BCUT2D eigenvalue weighted by molar-refractivity contribution is 6.30. The second kappa shape index (κ2) is 4.69. The third kappa shape index (κ3) is 2.06. The topological polar surface area (TPSA) is 56.2 Å². The maximum atomic E-state index is 11.3. The van der Waals surface area contributed by atoms with Crippen LogP contribution in [-0.4, -0.2) is 5.91 Å². The third-order valence-corrected chi connectivity index (χ3v) is 3.59. The lowest BCUT2D eigenvalue weighted by atomic mass is 10.0. The van der Waals surface area contributed by atoms with Gasteiger partial charge in [0.1, 0.15) is 5.58 Å². The summed E-state index contributed by atoms with van der Waals surface area (Å²) in [6.45, 7) is 1.83. The molecule has 4 heteroatoms. The highest BCUT2D eigenvalue weighted by Crippen LogP contribution is 2.30. The summed E-state index contributed by atoms with van der Waals surface area (Å²) in [5.41, 5.74) is 8.76. The molecule has 1 aromatic heterocycles. The van der Waals surface area contributed by atoms with Crippen LogP contribution in [-0.2, 0) is 0 Å². The molecule has 3 nitrogen and oxygen atoms in total. The zero-order valence-corrected chi connectivity index (χ0v) is 11.6. The van der Waals surface area contributed by atoms with E-state index >= 15 is 0 Å². The van der Waals surface area contributed by atoms with Crippen LogP contribution in [0.2, 0.25) is 5.02 Å². The molecule has 0 aliphatic heterocycles. The average Bonchev–Trinajstić information content (AvgIpc) is 2.77. The monoisotopic (exact) mass is 285 g/mol. The molecule has 0 aliphatic carbocycles. The number of rotatable bonds is 2. The van der Waals surface area contributed by atoms with Crippen molar-refractivity contribution in [1.82, 2.24) is 0 Å². The highest BCUT2D eigenvalue weighted by atomic mass is 35.5. The van der Waals surface area contributed by atoms with E-state index in [1.807, 2.05) is 49.4 Å². The number of aryl methyl sites for hydroxylation is 1. The van der Waals surface area contributed by atoms with E-state index in [0.717, 1.165) is 22.1 Å². The zero-order chi connectivity index (χ0) is 14.3. The number of benzene rings is 2. The van der Waals surface area contributed by atoms with E-state index in [4.69, 9.17) is 21.8 Å². The SMILES string of the molecule is Cc1c(C(N)=O)oc2cc(-c3ccc(Cl)cc3)ccc12. The van der Waals surface area contributed by atoms with E-state index < -0.39 is 5.91 Å². The van der Waals surface area contributed by atoms with Gasteiger partial charge in [0.2, 0.25) is 0 Å². The molecule has 0 spiro atoms. The fourth-order valence-corrected chi connectivity index (χ4v) is 2.41. The molecule has 0 bridgehead atoms. The second-order valence-electron chi connectivity index (χ2n) is 4.64. The fraction of sp³-hybridized carbons (Fsp3) is 0.0625. The molecule has 0 saturated carbocycles. The fourth-order valence-electron chi connectivity index (χ4n) is 2.28. The number of furan rings is 1. The lowest BCUT2D eigenvalue weighted by Gasteiger charge is -2.01. The Hall–Kier alpha value is -2.26. The Morgan fingerprint density at radius 1 is 1.10 bits per heavy atom. The summed E-state index contributed by atoms with van der Waals surface area (Å²) in [6.07, 6.45) is 0. The van der Waals surface area contributed by atoms with Crippen molar-refractivity contribution in [3.63, 3.8) is 0 Å². The molecule has 1 heterocycles. The molecule has 0 aliphatic rings. The van der Waals surface area contributed by atoms with Gasteiger partial charge < -0.3 is 10.2 Å². The maximum absolute atomic E-state index is 11.3. The Morgan fingerprint density at radius 2 is 1.75 bits per heavy atom. The molecule has 3 aromatic rings. The number of hydrogen-bond donors (Lipinski definition) is 1. The van der Waals surface area contributed by atoms with Crippen LogP contribution in [0.3, 0.4) is 0 Å². The summed E-state index contributed by atoms with van der Waals surface area (Å²) in [5.74, 6) is -0.333. The minimum absolute atomic E-state index is 0.216. The normalized spacial score (nSPS) is 10.9. The molecule has 100 valence electrons. The van der Waals surface area contributed by atoms with Crippen LogP contribution in [0, 0.1) is 6.92 Å². The quantitative estimate of drug-likeness (QED) is 0.768. The van der Waals surface area contributed by atoms with Crippen LogP contribution in [0.4, 0.5) is 0 Å². The van der Waals surface area contributed by atoms with E-state index in [-0.39, 0.29) is 5.76 Å². The van der Waals surface area contributed by atoms with Crippen molar-refractivity contribution in [2.24, 2.45) is 5.73 Å². The molecular weight excluding hydrogens is 274 g/mol. The number of halogens is 1. The number of carbonyl (C=O) groups excluding carboxylic acids is 1. The number of primary amides is 1. The molecule has 0 atom stereocenters. The van der Waals surface area contributed by atoms with Gasteiger partial charge in [-0.3, -0.25) is 4.79 Å². The molecule has 20 heavy (non-hydrogen) atoms. The molecule has 3 rings (SSSR count). The highest BCUT2D eigenvalue weighted by Gasteiger charge is 2.15. The Labute approximate surface area is 120 Å². The Balaban J connectivity index is 2.15. The van der Waals surface area contributed by atoms with Crippen LogP contribution in [0.1, 0.15) is 16.1 Å². The van der Waals surface area contributed by atoms with Crippen molar-refractivity contribution in [2.45, 2.75) is 6.92 Å². The first-order valence-corrected chi connectivity index (χ1v) is 6.53. The molecule has 0 fully saturated rings. The number of hydrogen-bond acceptors (Lipinski definition) is 2. The first-order chi connectivity index (χ1) is 9.56. The number of fused-ring (bicyclic) bond motifs is 1. The van der Waals surface area contributed by atoms with Crippen molar-refractivity contribution >= 4 is 28.5 Å². The van der Waals surface area contributed by atoms with Crippen molar-refractivity contribution in [3.05, 3.63) is 58.8 Å². The van der Waals surface area contributed by atoms with Crippen LogP contribution in [0.25, 0.3) is 22.1 Å². The molecule has 0 unspecified atom stereocenters. The predicted molar refractivity (Wildman–Crippen MR) is 79.9 cm³/mol. The van der Waals surface area contributed by atoms with Gasteiger partial charge in [-0.15, -0.1) is 0 Å². The molecule has 0 saturated heterocycles. The van der Waals surface area contributed by atoms with Crippen LogP contribution in [0.5, 0.6) is 0 Å². The summed E-state index contributed by atoms with van der Waals surface area (Å²) >= 11 is 5.88.